The van der Waals surface area contributed by atoms with Gasteiger partial charge in [0.05, 0.1) is 12.6 Å². The zero-order valence-corrected chi connectivity index (χ0v) is 14.9. The summed E-state index contributed by atoms with van der Waals surface area (Å²) in [5, 5.41) is 0. The van der Waals surface area contributed by atoms with E-state index in [1.165, 1.54) is 0 Å². The summed E-state index contributed by atoms with van der Waals surface area (Å²) in [5.41, 5.74) is 2.27. The van der Waals surface area contributed by atoms with Crippen molar-refractivity contribution >= 4 is 11.8 Å². The van der Waals surface area contributed by atoms with Crippen LogP contribution in [0.2, 0.25) is 0 Å². The Bertz CT molecular complexity index is 629. The average molecular weight is 339 g/mol. The highest BCUT2D eigenvalue weighted by Gasteiger charge is 2.24. The smallest absolute Gasteiger partial charge is 0.313 e. The van der Waals surface area contributed by atoms with Crippen LogP contribution >= 0.6 is 0 Å². The fourth-order valence-corrected chi connectivity index (χ4v) is 2.67. The molecule has 2 aromatic carbocycles. The van der Waals surface area contributed by atoms with Crippen LogP contribution in [0.25, 0.3) is 0 Å². The second-order valence-electron chi connectivity index (χ2n) is 6.00. The van der Waals surface area contributed by atoms with Gasteiger partial charge in [-0.3, -0.25) is 14.5 Å². The fraction of sp³-hybridized carbons (Fsp3) is 0.333. The van der Waals surface area contributed by atoms with Gasteiger partial charge in [0.15, 0.2) is 5.78 Å². The van der Waals surface area contributed by atoms with Gasteiger partial charge in [-0.1, -0.05) is 60.7 Å². The van der Waals surface area contributed by atoms with Crippen LogP contribution in [0.15, 0.2) is 60.7 Å². The van der Waals surface area contributed by atoms with Crippen molar-refractivity contribution in [1.29, 1.82) is 0 Å². The molecule has 4 heteroatoms. The second kappa shape index (κ2) is 9.74. The van der Waals surface area contributed by atoms with E-state index in [0.717, 1.165) is 11.1 Å². The van der Waals surface area contributed by atoms with Crippen LogP contribution < -0.4 is 0 Å². The molecule has 0 amide bonds. The molecule has 0 aliphatic carbocycles. The molecule has 0 unspecified atom stereocenters. The second-order valence-corrected chi connectivity index (χ2v) is 6.00. The van der Waals surface area contributed by atoms with E-state index in [4.69, 9.17) is 4.74 Å². The number of hydrogen-bond acceptors (Lipinski definition) is 4. The molecule has 132 valence electrons. The van der Waals surface area contributed by atoms with E-state index >= 15 is 0 Å². The lowest BCUT2D eigenvalue weighted by atomic mass is 10.1. The lowest BCUT2D eigenvalue weighted by Crippen LogP contribution is -2.39. The molecule has 0 aromatic heterocycles. The van der Waals surface area contributed by atoms with Crippen LogP contribution in [0, 0.1) is 0 Å². The van der Waals surface area contributed by atoms with Crippen molar-refractivity contribution in [2.75, 3.05) is 6.61 Å². The molecule has 0 bridgehead atoms. The van der Waals surface area contributed by atoms with Crippen molar-refractivity contribution in [2.45, 2.75) is 39.4 Å². The van der Waals surface area contributed by atoms with Crippen LogP contribution in [0.3, 0.4) is 0 Å². The molecule has 2 aromatic rings. The number of carbonyl (C=O) groups excluding carboxylic acids is 2. The molecule has 0 aliphatic rings. The first-order valence-electron chi connectivity index (χ1n) is 8.60. The zero-order valence-electron chi connectivity index (χ0n) is 14.9. The fourth-order valence-electron chi connectivity index (χ4n) is 2.67. The van der Waals surface area contributed by atoms with E-state index in [1.807, 2.05) is 67.6 Å². The lowest BCUT2D eigenvalue weighted by Gasteiger charge is -2.28. The average Bonchev–Trinajstić information content (AvgIpc) is 2.62. The number of ether oxygens (including phenoxy) is 1. The molecule has 1 atom stereocenters. The predicted octanol–water partition coefficient (Wildman–Crippen LogP) is 3.60. The Balaban J connectivity index is 2.12. The van der Waals surface area contributed by atoms with Gasteiger partial charge in [0.1, 0.15) is 6.42 Å². The number of ketones is 1. The van der Waals surface area contributed by atoms with Crippen LogP contribution in [-0.2, 0) is 27.4 Å². The number of rotatable bonds is 9. The van der Waals surface area contributed by atoms with Gasteiger partial charge in [-0.15, -0.1) is 0 Å². The molecule has 0 aliphatic heterocycles. The summed E-state index contributed by atoms with van der Waals surface area (Å²) in [4.78, 5) is 26.2. The van der Waals surface area contributed by atoms with Crippen LogP contribution in [0.1, 0.15) is 31.4 Å². The molecule has 0 spiro atoms. The minimum absolute atomic E-state index is 0.120. The highest BCUT2D eigenvalue weighted by atomic mass is 16.5. The van der Waals surface area contributed by atoms with E-state index in [9.17, 15) is 9.59 Å². The quantitative estimate of drug-likeness (QED) is 0.517. The normalized spacial score (nSPS) is 12.0. The largest absolute Gasteiger partial charge is 0.466 e. The van der Waals surface area contributed by atoms with Crippen LogP contribution in [0.5, 0.6) is 0 Å². The topological polar surface area (TPSA) is 46.6 Å². The highest BCUT2D eigenvalue weighted by Crippen LogP contribution is 2.15. The summed E-state index contributed by atoms with van der Waals surface area (Å²) in [6.07, 6.45) is -0.185. The Kier molecular flexibility index (Phi) is 7.36. The summed E-state index contributed by atoms with van der Waals surface area (Å²) < 4.78 is 4.90. The number of hydrogen-bond donors (Lipinski definition) is 0. The van der Waals surface area contributed by atoms with Crippen molar-refractivity contribution in [3.8, 4) is 0 Å². The SMILES string of the molecule is CCOC(=O)CC(=O)[C@H](C)N(Cc1ccccc1)Cc1ccccc1. The molecule has 4 nitrogen and oxygen atoms in total. The first-order chi connectivity index (χ1) is 12.1. The molecule has 0 fully saturated rings. The van der Waals surface area contributed by atoms with Crippen LogP contribution in [-0.4, -0.2) is 29.3 Å². The molecule has 0 saturated carbocycles. The third-order valence-electron chi connectivity index (χ3n) is 4.09. The van der Waals surface area contributed by atoms with Crippen molar-refractivity contribution in [3.63, 3.8) is 0 Å². The first kappa shape index (κ1) is 18.9. The lowest BCUT2D eigenvalue weighted by molar-refractivity contribution is -0.146. The third-order valence-corrected chi connectivity index (χ3v) is 4.09. The molecule has 0 saturated heterocycles. The van der Waals surface area contributed by atoms with Gasteiger partial charge in [-0.05, 0) is 25.0 Å². The van der Waals surface area contributed by atoms with Gasteiger partial charge in [0, 0.05) is 13.1 Å². The molecule has 25 heavy (non-hydrogen) atoms. The number of Topliss-reactive ketones (excluding diaryl/α,β-unsaturated/α-hetero) is 1. The molecular weight excluding hydrogens is 314 g/mol. The van der Waals surface area contributed by atoms with E-state index in [2.05, 4.69) is 4.90 Å². The Morgan fingerprint density at radius 2 is 1.40 bits per heavy atom. The van der Waals surface area contributed by atoms with Crippen molar-refractivity contribution < 1.29 is 14.3 Å². The number of esters is 1. The van der Waals surface area contributed by atoms with Gasteiger partial charge < -0.3 is 4.74 Å². The van der Waals surface area contributed by atoms with Crippen molar-refractivity contribution in [2.24, 2.45) is 0 Å². The van der Waals surface area contributed by atoms with Gasteiger partial charge >= 0.3 is 5.97 Å². The Morgan fingerprint density at radius 3 is 1.84 bits per heavy atom. The maximum atomic E-state index is 12.5. The number of benzene rings is 2. The Labute approximate surface area is 149 Å². The number of nitrogens with zero attached hydrogens (tertiary/aromatic N) is 1. The molecular formula is C21H25NO3. The molecule has 0 radical (unpaired) electrons. The highest BCUT2D eigenvalue weighted by molar-refractivity contribution is 5.98. The minimum atomic E-state index is -0.460. The van der Waals surface area contributed by atoms with Crippen molar-refractivity contribution in [3.05, 3.63) is 71.8 Å². The van der Waals surface area contributed by atoms with Gasteiger partial charge in [0.25, 0.3) is 0 Å². The molecule has 2 rings (SSSR count). The summed E-state index contributed by atoms with van der Waals surface area (Å²) in [5.74, 6) is -0.580. The van der Waals surface area contributed by atoms with Crippen molar-refractivity contribution in [1.82, 2.24) is 4.90 Å². The Morgan fingerprint density at radius 1 is 0.920 bits per heavy atom. The summed E-state index contributed by atoms with van der Waals surface area (Å²) >= 11 is 0. The third kappa shape index (κ3) is 6.16. The predicted molar refractivity (Wildman–Crippen MR) is 97.9 cm³/mol. The van der Waals surface area contributed by atoms with Crippen LogP contribution in [0.4, 0.5) is 0 Å². The Hall–Kier alpha value is -2.46. The molecule has 0 N–H and O–H groups in total. The summed E-state index contributed by atoms with van der Waals surface area (Å²) in [6, 6.07) is 19.7. The van der Waals surface area contributed by atoms with Gasteiger partial charge in [-0.2, -0.15) is 0 Å². The monoisotopic (exact) mass is 339 g/mol. The van der Waals surface area contributed by atoms with E-state index in [1.54, 1.807) is 6.92 Å². The zero-order chi connectivity index (χ0) is 18.1. The summed E-state index contributed by atoms with van der Waals surface area (Å²) in [6.45, 7) is 5.17. The standard InChI is InChI=1S/C21H25NO3/c1-3-25-21(24)14-20(23)17(2)22(15-18-10-6-4-7-11-18)16-19-12-8-5-9-13-19/h4-13,17H,3,14-16H2,1-2H3/t17-/m0/s1. The maximum absolute atomic E-state index is 12.5. The summed E-state index contributed by atoms with van der Waals surface area (Å²) in [7, 11) is 0. The minimum Gasteiger partial charge on any atom is -0.466 e. The van der Waals surface area contributed by atoms with E-state index < -0.39 is 5.97 Å². The molecule has 0 heterocycles. The van der Waals surface area contributed by atoms with E-state index in [-0.39, 0.29) is 24.9 Å². The first-order valence-corrected chi connectivity index (χ1v) is 8.60. The number of carbonyl (C=O) groups is 2. The van der Waals surface area contributed by atoms with Gasteiger partial charge in [-0.25, -0.2) is 0 Å². The van der Waals surface area contributed by atoms with Gasteiger partial charge in [0.2, 0.25) is 0 Å². The van der Waals surface area contributed by atoms with E-state index in [0.29, 0.717) is 13.1 Å². The maximum Gasteiger partial charge on any atom is 0.313 e.